The first-order valence-electron chi connectivity index (χ1n) is 7.48. The van der Waals surface area contributed by atoms with Crippen molar-refractivity contribution in [2.75, 3.05) is 0 Å². The summed E-state index contributed by atoms with van der Waals surface area (Å²) in [6, 6.07) is 8.88. The van der Waals surface area contributed by atoms with Crippen molar-refractivity contribution < 1.29 is 4.39 Å². The lowest BCUT2D eigenvalue weighted by Crippen LogP contribution is -2.13. The molecule has 0 aromatic heterocycles. The fraction of sp³-hybridized carbons (Fsp3) is 0.444. The van der Waals surface area contributed by atoms with Gasteiger partial charge in [-0.05, 0) is 68.1 Å². The first kappa shape index (κ1) is 15.3. The highest BCUT2D eigenvalue weighted by Gasteiger charge is 2.22. The van der Waals surface area contributed by atoms with E-state index in [9.17, 15) is 4.39 Å². The van der Waals surface area contributed by atoms with Crippen LogP contribution in [0.25, 0.3) is 0 Å². The van der Waals surface area contributed by atoms with Crippen LogP contribution in [0.4, 0.5) is 4.39 Å². The first-order chi connectivity index (χ1) is 10.2. The van der Waals surface area contributed by atoms with Crippen molar-refractivity contribution in [2.24, 2.45) is 5.92 Å². The molecule has 2 nitrogen and oxygen atoms in total. The number of benzene rings is 1. The zero-order valence-electron chi connectivity index (χ0n) is 12.1. The molecule has 1 aromatic rings. The van der Waals surface area contributed by atoms with Crippen LogP contribution in [0.2, 0.25) is 0 Å². The van der Waals surface area contributed by atoms with Gasteiger partial charge in [0.25, 0.3) is 0 Å². The molecule has 1 saturated carbocycles. The Morgan fingerprint density at radius 3 is 2.57 bits per heavy atom. The SMILES string of the molecule is N#CC=CCCC1CCC(c2ccc(C#N)c(F)c2)CC1. The fourth-order valence-electron chi connectivity index (χ4n) is 3.13. The molecule has 0 atom stereocenters. The highest BCUT2D eigenvalue weighted by molar-refractivity contribution is 5.34. The summed E-state index contributed by atoms with van der Waals surface area (Å²) in [6.45, 7) is 0. The van der Waals surface area contributed by atoms with Crippen LogP contribution >= 0.6 is 0 Å². The molecule has 0 saturated heterocycles. The second kappa shape index (κ2) is 7.60. The van der Waals surface area contributed by atoms with E-state index >= 15 is 0 Å². The zero-order valence-corrected chi connectivity index (χ0v) is 12.1. The summed E-state index contributed by atoms with van der Waals surface area (Å²) in [4.78, 5) is 0. The lowest BCUT2D eigenvalue weighted by Gasteiger charge is -2.28. The Morgan fingerprint density at radius 2 is 1.95 bits per heavy atom. The number of allylic oxidation sites excluding steroid dienone is 2. The Hall–Kier alpha value is -2.13. The van der Waals surface area contributed by atoms with E-state index in [0.29, 0.717) is 11.8 Å². The number of rotatable bonds is 4. The average molecular weight is 282 g/mol. The van der Waals surface area contributed by atoms with Crippen LogP contribution in [-0.2, 0) is 0 Å². The molecule has 108 valence electrons. The van der Waals surface area contributed by atoms with Crippen LogP contribution in [-0.4, -0.2) is 0 Å². The van der Waals surface area contributed by atoms with Gasteiger partial charge in [-0.3, -0.25) is 0 Å². The van der Waals surface area contributed by atoms with Crippen LogP contribution in [0.15, 0.2) is 30.4 Å². The molecule has 1 fully saturated rings. The van der Waals surface area contributed by atoms with Gasteiger partial charge in [0, 0.05) is 6.08 Å². The Labute approximate surface area is 125 Å². The third kappa shape index (κ3) is 4.17. The smallest absolute Gasteiger partial charge is 0.141 e. The van der Waals surface area contributed by atoms with E-state index in [-0.39, 0.29) is 5.56 Å². The number of hydrogen-bond acceptors (Lipinski definition) is 2. The van der Waals surface area contributed by atoms with Gasteiger partial charge in [-0.1, -0.05) is 12.1 Å². The van der Waals surface area contributed by atoms with Crippen molar-refractivity contribution in [2.45, 2.75) is 44.4 Å². The molecule has 0 unspecified atom stereocenters. The van der Waals surface area contributed by atoms with Gasteiger partial charge in [0.2, 0.25) is 0 Å². The average Bonchev–Trinajstić information content (AvgIpc) is 2.52. The van der Waals surface area contributed by atoms with Gasteiger partial charge in [-0.25, -0.2) is 4.39 Å². The Bertz CT molecular complexity index is 584. The van der Waals surface area contributed by atoms with Crippen molar-refractivity contribution in [3.63, 3.8) is 0 Å². The molecule has 0 heterocycles. The highest BCUT2D eigenvalue weighted by atomic mass is 19.1. The number of nitriles is 2. The summed E-state index contributed by atoms with van der Waals surface area (Å²) < 4.78 is 13.7. The third-order valence-electron chi connectivity index (χ3n) is 4.37. The van der Waals surface area contributed by atoms with Gasteiger partial charge in [0.1, 0.15) is 11.9 Å². The lowest BCUT2D eigenvalue weighted by atomic mass is 9.77. The van der Waals surface area contributed by atoms with Crippen LogP contribution < -0.4 is 0 Å². The molecule has 2 rings (SSSR count). The second-order valence-electron chi connectivity index (χ2n) is 5.68. The van der Waals surface area contributed by atoms with E-state index in [1.54, 1.807) is 12.1 Å². The Balaban J connectivity index is 1.87. The maximum absolute atomic E-state index is 13.7. The first-order valence-corrected chi connectivity index (χ1v) is 7.48. The summed E-state index contributed by atoms with van der Waals surface area (Å²) in [5.41, 5.74) is 1.14. The van der Waals surface area contributed by atoms with Crippen LogP contribution in [0, 0.1) is 34.4 Å². The number of halogens is 1. The van der Waals surface area contributed by atoms with Crippen LogP contribution in [0.1, 0.15) is 55.6 Å². The maximum atomic E-state index is 13.7. The Kier molecular flexibility index (Phi) is 5.52. The molecule has 3 heteroatoms. The summed E-state index contributed by atoms with van der Waals surface area (Å²) in [7, 11) is 0. The number of nitrogens with zero attached hydrogens (tertiary/aromatic N) is 2. The molecule has 0 N–H and O–H groups in total. The summed E-state index contributed by atoms with van der Waals surface area (Å²) >= 11 is 0. The monoisotopic (exact) mass is 282 g/mol. The van der Waals surface area contributed by atoms with E-state index in [2.05, 4.69) is 0 Å². The lowest BCUT2D eigenvalue weighted by molar-refractivity contribution is 0.311. The molecule has 1 aliphatic carbocycles. The molecule has 1 aliphatic rings. The molecule has 1 aromatic carbocycles. The van der Waals surface area contributed by atoms with E-state index in [0.717, 1.165) is 44.1 Å². The molecule has 0 aliphatic heterocycles. The van der Waals surface area contributed by atoms with Gasteiger partial charge in [0.15, 0.2) is 0 Å². The standard InChI is InChI=1S/C18H19FN2/c19-18-12-16(9-10-17(18)13-21)15-7-5-14(6-8-15)4-2-1-3-11-20/h1,3,9-10,12,14-15H,2,4-8H2. The predicted molar refractivity (Wildman–Crippen MR) is 79.8 cm³/mol. The van der Waals surface area contributed by atoms with Crippen LogP contribution in [0.3, 0.4) is 0 Å². The molecule has 0 spiro atoms. The van der Waals surface area contributed by atoms with Crippen molar-refractivity contribution >= 4 is 0 Å². The number of hydrogen-bond donors (Lipinski definition) is 0. The summed E-state index contributed by atoms with van der Waals surface area (Å²) in [5.74, 6) is 0.727. The largest absolute Gasteiger partial charge is 0.206 e. The van der Waals surface area contributed by atoms with Gasteiger partial charge in [-0.2, -0.15) is 10.5 Å². The van der Waals surface area contributed by atoms with Crippen molar-refractivity contribution in [3.8, 4) is 12.1 Å². The minimum absolute atomic E-state index is 0.122. The molecular formula is C18H19FN2. The topological polar surface area (TPSA) is 47.6 Å². The van der Waals surface area contributed by atoms with E-state index in [1.165, 1.54) is 6.07 Å². The normalized spacial score (nSPS) is 21.9. The molecule has 0 bridgehead atoms. The van der Waals surface area contributed by atoms with Gasteiger partial charge in [0.05, 0.1) is 11.6 Å². The van der Waals surface area contributed by atoms with Gasteiger partial charge < -0.3 is 0 Å². The minimum atomic E-state index is -0.404. The van der Waals surface area contributed by atoms with Crippen LogP contribution in [0.5, 0.6) is 0 Å². The van der Waals surface area contributed by atoms with E-state index in [1.807, 2.05) is 24.3 Å². The quantitative estimate of drug-likeness (QED) is 0.742. The zero-order chi connectivity index (χ0) is 15.1. The van der Waals surface area contributed by atoms with Gasteiger partial charge >= 0.3 is 0 Å². The van der Waals surface area contributed by atoms with Crippen molar-refractivity contribution in [3.05, 3.63) is 47.3 Å². The second-order valence-corrected chi connectivity index (χ2v) is 5.68. The highest BCUT2D eigenvalue weighted by Crippen LogP contribution is 2.37. The predicted octanol–water partition coefficient (Wildman–Crippen LogP) is 4.83. The molecule has 0 amide bonds. The van der Waals surface area contributed by atoms with E-state index < -0.39 is 5.82 Å². The Morgan fingerprint density at radius 1 is 1.19 bits per heavy atom. The summed E-state index contributed by atoms with van der Waals surface area (Å²) in [5, 5.41) is 17.2. The van der Waals surface area contributed by atoms with E-state index in [4.69, 9.17) is 10.5 Å². The summed E-state index contributed by atoms with van der Waals surface area (Å²) in [6.07, 6.45) is 10.1. The van der Waals surface area contributed by atoms with Crippen molar-refractivity contribution in [1.29, 1.82) is 10.5 Å². The van der Waals surface area contributed by atoms with Crippen molar-refractivity contribution in [1.82, 2.24) is 0 Å². The van der Waals surface area contributed by atoms with Gasteiger partial charge in [-0.15, -0.1) is 0 Å². The third-order valence-corrected chi connectivity index (χ3v) is 4.37. The fourth-order valence-corrected chi connectivity index (χ4v) is 3.13. The minimum Gasteiger partial charge on any atom is -0.206 e. The molecule has 0 radical (unpaired) electrons. The maximum Gasteiger partial charge on any atom is 0.141 e. The molecule has 21 heavy (non-hydrogen) atoms. The molecular weight excluding hydrogens is 263 g/mol.